The average Bonchev–Trinajstić information content (AvgIpc) is 1.60. The van der Waals surface area contributed by atoms with Crippen molar-refractivity contribution in [3.05, 3.63) is 190 Å². The van der Waals surface area contributed by atoms with Gasteiger partial charge < -0.3 is 63.5 Å². The molecule has 520 valence electrons. The molecule has 23 heteroatoms. The first-order chi connectivity index (χ1) is 48.2. The van der Waals surface area contributed by atoms with E-state index in [-0.39, 0.29) is 81.0 Å². The van der Waals surface area contributed by atoms with Crippen LogP contribution in [0, 0.1) is 29.2 Å². The maximum Gasteiger partial charge on any atom is 0.410 e. The number of likely N-dealkylation sites (tertiary alicyclic amines) is 2. The lowest BCUT2D eigenvalue weighted by molar-refractivity contribution is -0.146. The lowest BCUT2D eigenvalue weighted by atomic mass is 9.93. The number of rotatable bonds is 18. The molecule has 7 heterocycles. The van der Waals surface area contributed by atoms with Gasteiger partial charge in [-0.15, -0.1) is 0 Å². The number of aromatic amines is 4. The smallest absolute Gasteiger partial charge is 0.410 e. The number of hydrogen-bond acceptors (Lipinski definition) is 13. The minimum absolute atomic E-state index is 0.0457. The van der Waals surface area contributed by atoms with Crippen LogP contribution in [0.25, 0.3) is 66.4 Å². The molecular formula is C77H77F4N7O12. The molecule has 10 aromatic rings. The van der Waals surface area contributed by atoms with Gasteiger partial charge in [-0.3, -0.25) is 19.2 Å². The Hall–Kier alpha value is -10.4. The van der Waals surface area contributed by atoms with E-state index in [1.165, 1.54) is 76.2 Å². The fourth-order valence-electron chi connectivity index (χ4n) is 15.3. The van der Waals surface area contributed by atoms with Gasteiger partial charge in [0.1, 0.15) is 60.9 Å². The molecule has 0 bridgehead atoms. The van der Waals surface area contributed by atoms with Gasteiger partial charge in [0, 0.05) is 115 Å². The van der Waals surface area contributed by atoms with Crippen LogP contribution in [-0.4, -0.2) is 128 Å². The number of amides is 2. The van der Waals surface area contributed by atoms with Crippen LogP contribution in [-0.2, 0) is 86.5 Å². The third-order valence-corrected chi connectivity index (χ3v) is 19.4. The number of ether oxygens (including phenoxy) is 6. The monoisotopic (exact) mass is 1370 g/mol. The van der Waals surface area contributed by atoms with Crippen LogP contribution in [0.2, 0.25) is 0 Å². The van der Waals surface area contributed by atoms with Crippen molar-refractivity contribution in [3.63, 3.8) is 0 Å². The number of esters is 4. The topological polar surface area (TPSA) is 239 Å². The van der Waals surface area contributed by atoms with Crippen LogP contribution in [0.3, 0.4) is 0 Å². The summed E-state index contributed by atoms with van der Waals surface area (Å²) >= 11 is 0. The number of fused-ring (bicyclic) bond motifs is 4. The zero-order chi connectivity index (χ0) is 69.9. The number of H-pyrrole nitrogens is 4. The Morgan fingerprint density at radius 3 is 1.16 bits per heavy atom. The van der Waals surface area contributed by atoms with E-state index in [1.54, 1.807) is 28.0 Å². The number of carbonyl (C=O) groups excluding carboxylic acids is 6. The maximum atomic E-state index is 14.9. The molecule has 3 saturated heterocycles. The summed E-state index contributed by atoms with van der Waals surface area (Å²) in [6.45, 7) is 6.39. The third-order valence-electron chi connectivity index (χ3n) is 19.4. The standard InChI is InChI=1S/C46H44F2N4O8.C31H33F2N3O4/c1-27(53)59-35-19-33(51(23-35)45(55)57-25-29-9-5-3-6-10-29)21-39-37-15-13-31(47)17-41(37)49-43(39)44-40(38-16-14-32(48)18-42(38)50-44)22-34-20-36(60-28(2)54)24-52(34)46(56)58-26-30-11-7-4-8-12-30;1-16(37)39-22-6-3-18(9-22)10-26-24-7-4-19(32)11-28(24)35-30(26)31-27(25-8-5-20(33)12-29(25)36-31)14-21-13-23(15-34-21)40-17(2)38/h3-18,33-36,49-50H,19-26H2,1-2H3;4-5,7-8,11-12,18,21-23,34-36H,3,6,9-10,13-15H2,1-2H3/t33-,34?,35-,36-;18-,21-,22+,23-/m00/s1. The Kier molecular flexibility index (Phi) is 20.1. The van der Waals surface area contributed by atoms with E-state index in [4.69, 9.17) is 28.4 Å². The number of carbonyl (C=O) groups is 6. The third kappa shape index (κ3) is 15.5. The number of halogens is 4. The van der Waals surface area contributed by atoms with E-state index < -0.39 is 60.1 Å². The summed E-state index contributed by atoms with van der Waals surface area (Å²) in [6.07, 6.45) is 3.12. The van der Waals surface area contributed by atoms with E-state index in [9.17, 15) is 46.3 Å². The predicted octanol–water partition coefficient (Wildman–Crippen LogP) is 14.1. The highest BCUT2D eigenvalue weighted by atomic mass is 19.1. The van der Waals surface area contributed by atoms with Crippen molar-refractivity contribution in [3.8, 4) is 22.8 Å². The van der Waals surface area contributed by atoms with Crippen molar-refractivity contribution in [2.45, 2.75) is 148 Å². The summed E-state index contributed by atoms with van der Waals surface area (Å²) in [4.78, 5) is 91.6. The average molecular weight is 1370 g/mol. The van der Waals surface area contributed by atoms with Crippen LogP contribution in [0.5, 0.6) is 0 Å². The van der Waals surface area contributed by atoms with Crippen LogP contribution in [0.1, 0.15) is 99.6 Å². The second-order valence-corrected chi connectivity index (χ2v) is 26.6. The Morgan fingerprint density at radius 2 is 0.770 bits per heavy atom. The van der Waals surface area contributed by atoms with E-state index in [0.29, 0.717) is 82.4 Å². The molecule has 1 unspecified atom stereocenters. The van der Waals surface area contributed by atoms with E-state index in [0.717, 1.165) is 81.2 Å². The van der Waals surface area contributed by atoms with Gasteiger partial charge in [0.05, 0.1) is 35.9 Å². The zero-order valence-corrected chi connectivity index (χ0v) is 55.7. The Balaban J connectivity index is 0.000000194. The largest absolute Gasteiger partial charge is 0.463 e. The molecule has 4 aliphatic rings. The molecule has 14 rings (SSSR count). The van der Waals surface area contributed by atoms with Gasteiger partial charge in [0.15, 0.2) is 0 Å². The summed E-state index contributed by atoms with van der Waals surface area (Å²) in [5, 5.41) is 6.71. The fraction of sp³-hybridized carbons (Fsp3) is 0.351. The molecule has 100 heavy (non-hydrogen) atoms. The van der Waals surface area contributed by atoms with Crippen molar-refractivity contribution in [1.29, 1.82) is 0 Å². The Morgan fingerprint density at radius 1 is 0.410 bits per heavy atom. The highest BCUT2D eigenvalue weighted by Crippen LogP contribution is 2.43. The molecule has 6 aromatic carbocycles. The van der Waals surface area contributed by atoms with Crippen LogP contribution in [0.15, 0.2) is 133 Å². The molecular weight excluding hydrogens is 1290 g/mol. The maximum absolute atomic E-state index is 14.9. The van der Waals surface area contributed by atoms with E-state index >= 15 is 0 Å². The second-order valence-electron chi connectivity index (χ2n) is 26.6. The molecule has 1 saturated carbocycles. The fourth-order valence-corrected chi connectivity index (χ4v) is 15.3. The zero-order valence-electron chi connectivity index (χ0n) is 55.7. The molecule has 4 aromatic heterocycles. The summed E-state index contributed by atoms with van der Waals surface area (Å²) in [6, 6.07) is 36.0. The lowest BCUT2D eigenvalue weighted by Gasteiger charge is -2.25. The quantitative estimate of drug-likeness (QED) is 0.0306. The van der Waals surface area contributed by atoms with E-state index in [1.807, 2.05) is 66.7 Å². The van der Waals surface area contributed by atoms with Gasteiger partial charge in [0.25, 0.3) is 0 Å². The molecule has 5 N–H and O–H groups in total. The van der Waals surface area contributed by atoms with Crippen LogP contribution in [0.4, 0.5) is 27.2 Å². The predicted molar refractivity (Wildman–Crippen MR) is 365 cm³/mol. The van der Waals surface area contributed by atoms with Crippen molar-refractivity contribution in [1.82, 2.24) is 35.1 Å². The van der Waals surface area contributed by atoms with Gasteiger partial charge in [-0.25, -0.2) is 27.2 Å². The molecule has 3 aliphatic heterocycles. The normalized spacial score (nSPS) is 20.4. The first kappa shape index (κ1) is 68.1. The summed E-state index contributed by atoms with van der Waals surface area (Å²) < 4.78 is 91.9. The van der Waals surface area contributed by atoms with Crippen molar-refractivity contribution in [2.75, 3.05) is 19.6 Å². The van der Waals surface area contributed by atoms with Crippen molar-refractivity contribution < 1.29 is 74.8 Å². The second kappa shape index (κ2) is 29.6. The first-order valence-corrected chi connectivity index (χ1v) is 33.8. The summed E-state index contributed by atoms with van der Waals surface area (Å²) in [7, 11) is 0. The highest BCUT2D eigenvalue weighted by Gasteiger charge is 2.42. The minimum Gasteiger partial charge on any atom is -0.463 e. The van der Waals surface area contributed by atoms with Gasteiger partial charge >= 0.3 is 36.1 Å². The van der Waals surface area contributed by atoms with Crippen molar-refractivity contribution >= 4 is 79.7 Å². The van der Waals surface area contributed by atoms with Crippen LogP contribution >= 0.6 is 0 Å². The number of nitrogens with one attached hydrogen (secondary N) is 5. The lowest BCUT2D eigenvalue weighted by Crippen LogP contribution is -2.38. The van der Waals surface area contributed by atoms with Crippen molar-refractivity contribution in [2.24, 2.45) is 5.92 Å². The van der Waals surface area contributed by atoms with Gasteiger partial charge in [0.2, 0.25) is 0 Å². The summed E-state index contributed by atoms with van der Waals surface area (Å²) in [5.74, 6) is -2.79. The molecule has 0 radical (unpaired) electrons. The van der Waals surface area contributed by atoms with Gasteiger partial charge in [-0.2, -0.15) is 0 Å². The van der Waals surface area contributed by atoms with Crippen LogP contribution < -0.4 is 5.32 Å². The number of benzene rings is 6. The van der Waals surface area contributed by atoms with Gasteiger partial charge in [-0.05, 0) is 157 Å². The molecule has 19 nitrogen and oxygen atoms in total. The Bertz CT molecular complexity index is 4410. The number of hydrogen-bond donors (Lipinski definition) is 5. The van der Waals surface area contributed by atoms with Gasteiger partial charge in [-0.1, -0.05) is 60.7 Å². The molecule has 8 atom stereocenters. The molecule has 4 fully saturated rings. The minimum atomic E-state index is -0.588. The molecule has 2 amide bonds. The van der Waals surface area contributed by atoms with E-state index in [2.05, 4.69) is 25.3 Å². The highest BCUT2D eigenvalue weighted by molar-refractivity contribution is 5.98. The first-order valence-electron chi connectivity index (χ1n) is 33.8. The molecule has 1 aliphatic carbocycles. The Labute approximate surface area is 573 Å². The SMILES string of the molecule is CC(=O)O[C@@H]1CC[C@H](Cc2c(-c3[nH]c4cc(F)ccc4c3C[C@@H]3C[C@H](OC(C)=O)CN3)[nH]c3cc(F)ccc23)C1.CC(=O)O[C@H]1CC(Cc2c(-c3[nH]c4cc(F)ccc4c3C[C@@H]3C[C@H](OC(C)=O)CN3C(=O)OCc3ccccc3)[nH]c3cc(F)ccc23)N(C(=O)OCc2ccccc2)C1. The number of aromatic nitrogens is 4. The number of nitrogens with zero attached hydrogens (tertiary/aromatic N) is 2. The molecule has 0 spiro atoms. The summed E-state index contributed by atoms with van der Waals surface area (Å²) in [5.41, 5.74) is 10.4.